The van der Waals surface area contributed by atoms with E-state index in [2.05, 4.69) is 58.7 Å². The Labute approximate surface area is 161 Å². The predicted octanol–water partition coefficient (Wildman–Crippen LogP) is 2.77. The molecule has 148 valence electrons. The molecule has 0 aliphatic carbocycles. The van der Waals surface area contributed by atoms with Gasteiger partial charge in [-0.05, 0) is 44.7 Å². The van der Waals surface area contributed by atoms with Crippen LogP contribution < -0.4 is 10.6 Å². The van der Waals surface area contributed by atoms with Gasteiger partial charge in [-0.2, -0.15) is 0 Å². The van der Waals surface area contributed by atoms with E-state index in [1.165, 1.54) is 22.2 Å². The third kappa shape index (κ3) is 5.71. The van der Waals surface area contributed by atoms with Crippen molar-refractivity contribution in [3.63, 3.8) is 0 Å². The van der Waals surface area contributed by atoms with Crippen molar-refractivity contribution < 1.29 is 9.47 Å². The monoisotopic (exact) mass is 372 g/mol. The van der Waals surface area contributed by atoms with E-state index in [1.54, 1.807) is 0 Å². The summed E-state index contributed by atoms with van der Waals surface area (Å²) in [4.78, 5) is 8.06. The van der Waals surface area contributed by atoms with Gasteiger partial charge in [-0.25, -0.2) is 0 Å². The third-order valence-electron chi connectivity index (χ3n) is 4.87. The molecule has 1 aromatic heterocycles. The number of ether oxygens (including phenoxy) is 2. The van der Waals surface area contributed by atoms with Crippen LogP contribution in [-0.2, 0) is 15.9 Å². The Kier molecular flexibility index (Phi) is 7.54. The van der Waals surface area contributed by atoms with Crippen LogP contribution in [0, 0.1) is 6.92 Å². The van der Waals surface area contributed by atoms with Gasteiger partial charge >= 0.3 is 0 Å². The molecule has 1 aliphatic rings. The second kappa shape index (κ2) is 10.3. The molecule has 2 aromatic rings. The van der Waals surface area contributed by atoms with Crippen LogP contribution in [-0.4, -0.2) is 56.5 Å². The first-order valence-corrected chi connectivity index (χ1v) is 10.1. The largest absolute Gasteiger partial charge is 0.377 e. The molecule has 1 aliphatic heterocycles. The first-order chi connectivity index (χ1) is 13.3. The Morgan fingerprint density at radius 1 is 1.33 bits per heavy atom. The molecule has 0 radical (unpaired) electrons. The van der Waals surface area contributed by atoms with Gasteiger partial charge in [-0.15, -0.1) is 0 Å². The van der Waals surface area contributed by atoms with Crippen molar-refractivity contribution in [3.05, 3.63) is 35.5 Å². The summed E-state index contributed by atoms with van der Waals surface area (Å²) in [5, 5.41) is 8.03. The first kappa shape index (κ1) is 19.7. The second-order valence-electron chi connectivity index (χ2n) is 6.92. The van der Waals surface area contributed by atoms with Crippen LogP contribution in [0.5, 0.6) is 0 Å². The molecule has 1 atom stereocenters. The van der Waals surface area contributed by atoms with Gasteiger partial charge in [0, 0.05) is 36.3 Å². The van der Waals surface area contributed by atoms with Crippen LogP contribution in [0.2, 0.25) is 0 Å². The Hall–Kier alpha value is -2.05. The number of hydrogen-bond donors (Lipinski definition) is 3. The second-order valence-corrected chi connectivity index (χ2v) is 6.92. The number of aromatic amines is 1. The number of para-hydroxylation sites is 1. The summed E-state index contributed by atoms with van der Waals surface area (Å²) in [6.07, 6.45) is 3.49. The molecule has 27 heavy (non-hydrogen) atoms. The number of nitrogens with zero attached hydrogens (tertiary/aromatic N) is 1. The number of hydrogen-bond acceptors (Lipinski definition) is 3. The lowest BCUT2D eigenvalue weighted by Gasteiger charge is -2.12. The van der Waals surface area contributed by atoms with Gasteiger partial charge in [0.2, 0.25) is 0 Å². The van der Waals surface area contributed by atoms with Crippen molar-refractivity contribution in [3.8, 4) is 0 Å². The van der Waals surface area contributed by atoms with Gasteiger partial charge in [-0.3, -0.25) is 4.99 Å². The number of fused-ring (bicyclic) bond motifs is 1. The third-order valence-corrected chi connectivity index (χ3v) is 4.87. The molecule has 2 heterocycles. The van der Waals surface area contributed by atoms with Gasteiger partial charge in [0.1, 0.15) is 0 Å². The van der Waals surface area contributed by atoms with Crippen molar-refractivity contribution in [1.29, 1.82) is 0 Å². The van der Waals surface area contributed by atoms with Crippen LogP contribution in [0.15, 0.2) is 29.3 Å². The molecule has 1 aromatic carbocycles. The fourth-order valence-electron chi connectivity index (χ4n) is 3.52. The number of rotatable bonds is 9. The SMILES string of the molecule is CCNC(=NCCOCC1CCCO1)NCCc1c(C)[nH]c2ccccc12. The quantitative estimate of drug-likeness (QED) is 0.360. The number of benzene rings is 1. The molecular formula is C21H32N4O2. The van der Waals surface area contributed by atoms with Crippen molar-refractivity contribution >= 4 is 16.9 Å². The first-order valence-electron chi connectivity index (χ1n) is 10.1. The molecule has 1 saturated heterocycles. The predicted molar refractivity (Wildman–Crippen MR) is 111 cm³/mol. The molecule has 0 saturated carbocycles. The summed E-state index contributed by atoms with van der Waals surface area (Å²) >= 11 is 0. The number of nitrogens with one attached hydrogen (secondary N) is 3. The zero-order chi connectivity index (χ0) is 18.9. The lowest BCUT2D eigenvalue weighted by atomic mass is 10.1. The van der Waals surface area contributed by atoms with Crippen LogP contribution in [0.4, 0.5) is 0 Å². The molecule has 3 rings (SSSR count). The van der Waals surface area contributed by atoms with E-state index in [4.69, 9.17) is 9.47 Å². The Bertz CT molecular complexity index is 735. The minimum Gasteiger partial charge on any atom is -0.377 e. The standard InChI is InChI=1S/C21H32N4O2/c1-3-22-21(24-12-14-26-15-17-7-6-13-27-17)23-11-10-18-16(2)25-20-9-5-4-8-19(18)20/h4-5,8-9,17,25H,3,6-7,10-15H2,1-2H3,(H2,22,23,24). The van der Waals surface area contributed by atoms with Crippen molar-refractivity contribution in [2.45, 2.75) is 39.2 Å². The lowest BCUT2D eigenvalue weighted by molar-refractivity contribution is 0.0200. The van der Waals surface area contributed by atoms with Gasteiger partial charge < -0.3 is 25.1 Å². The molecule has 3 N–H and O–H groups in total. The molecule has 6 nitrogen and oxygen atoms in total. The van der Waals surface area contributed by atoms with Gasteiger partial charge in [0.15, 0.2) is 5.96 Å². The summed E-state index contributed by atoms with van der Waals surface area (Å²) < 4.78 is 11.2. The average Bonchev–Trinajstić information content (AvgIpc) is 3.29. The van der Waals surface area contributed by atoms with Gasteiger partial charge in [0.25, 0.3) is 0 Å². The van der Waals surface area contributed by atoms with E-state index in [-0.39, 0.29) is 6.10 Å². The van der Waals surface area contributed by atoms with E-state index in [9.17, 15) is 0 Å². The summed E-state index contributed by atoms with van der Waals surface area (Å²) in [6, 6.07) is 8.46. The molecule has 0 spiro atoms. The fourth-order valence-corrected chi connectivity index (χ4v) is 3.52. The maximum atomic E-state index is 5.68. The average molecular weight is 373 g/mol. The van der Waals surface area contributed by atoms with Crippen LogP contribution in [0.1, 0.15) is 31.0 Å². The number of guanidine groups is 1. The maximum Gasteiger partial charge on any atom is 0.191 e. The van der Waals surface area contributed by atoms with Crippen molar-refractivity contribution in [1.82, 2.24) is 15.6 Å². The summed E-state index contributed by atoms with van der Waals surface area (Å²) in [5.41, 5.74) is 3.81. The highest BCUT2D eigenvalue weighted by Crippen LogP contribution is 2.21. The summed E-state index contributed by atoms with van der Waals surface area (Å²) in [7, 11) is 0. The lowest BCUT2D eigenvalue weighted by Crippen LogP contribution is -2.38. The maximum absolute atomic E-state index is 5.68. The highest BCUT2D eigenvalue weighted by atomic mass is 16.5. The topological polar surface area (TPSA) is 70.7 Å². The molecule has 6 heteroatoms. The molecule has 1 fully saturated rings. The normalized spacial score (nSPS) is 17.6. The van der Waals surface area contributed by atoms with E-state index in [0.717, 1.165) is 44.9 Å². The summed E-state index contributed by atoms with van der Waals surface area (Å²) in [5.74, 6) is 0.843. The minimum absolute atomic E-state index is 0.278. The zero-order valence-corrected chi connectivity index (χ0v) is 16.5. The molecule has 1 unspecified atom stereocenters. The van der Waals surface area contributed by atoms with Crippen LogP contribution >= 0.6 is 0 Å². The van der Waals surface area contributed by atoms with Crippen molar-refractivity contribution in [2.24, 2.45) is 4.99 Å². The number of aromatic nitrogens is 1. The molecule has 0 amide bonds. The van der Waals surface area contributed by atoms with E-state index in [0.29, 0.717) is 19.8 Å². The van der Waals surface area contributed by atoms with Gasteiger partial charge in [-0.1, -0.05) is 18.2 Å². The minimum atomic E-state index is 0.278. The number of aliphatic imine (C=N–C) groups is 1. The van der Waals surface area contributed by atoms with Crippen molar-refractivity contribution in [2.75, 3.05) is 39.5 Å². The highest BCUT2D eigenvalue weighted by molar-refractivity contribution is 5.84. The number of H-pyrrole nitrogens is 1. The van der Waals surface area contributed by atoms with Crippen LogP contribution in [0.25, 0.3) is 10.9 Å². The Morgan fingerprint density at radius 2 is 2.22 bits per heavy atom. The van der Waals surface area contributed by atoms with E-state index in [1.807, 2.05) is 0 Å². The summed E-state index contributed by atoms with van der Waals surface area (Å²) in [6.45, 7) is 8.72. The van der Waals surface area contributed by atoms with E-state index < -0.39 is 0 Å². The molecular weight excluding hydrogens is 340 g/mol. The highest BCUT2D eigenvalue weighted by Gasteiger charge is 2.14. The Balaban J connectivity index is 1.43. The van der Waals surface area contributed by atoms with E-state index >= 15 is 0 Å². The number of aryl methyl sites for hydroxylation is 1. The molecule has 0 bridgehead atoms. The van der Waals surface area contributed by atoms with Crippen LogP contribution in [0.3, 0.4) is 0 Å². The van der Waals surface area contributed by atoms with Gasteiger partial charge in [0.05, 0.1) is 25.9 Å². The Morgan fingerprint density at radius 3 is 3.04 bits per heavy atom. The zero-order valence-electron chi connectivity index (χ0n) is 16.5. The smallest absolute Gasteiger partial charge is 0.191 e. The fraction of sp³-hybridized carbons (Fsp3) is 0.571.